The molecule has 2 amide bonds. The molecule has 26 heavy (non-hydrogen) atoms. The first-order valence-corrected chi connectivity index (χ1v) is 8.68. The minimum absolute atomic E-state index is 0.289. The highest BCUT2D eigenvalue weighted by Gasteiger charge is 2.11. The minimum Gasteiger partial charge on any atom is -0.495 e. The first-order chi connectivity index (χ1) is 12.6. The normalized spacial score (nSPS) is 10.2. The van der Waals surface area contributed by atoms with Crippen molar-refractivity contribution in [1.82, 2.24) is 10.2 Å². The molecule has 0 aliphatic rings. The molecular weight excluding hydrogens is 352 g/mol. The fourth-order valence-corrected chi connectivity index (χ4v) is 2.86. The second kappa shape index (κ2) is 8.30. The molecule has 2 N–H and O–H groups in total. The van der Waals surface area contributed by atoms with Gasteiger partial charge in [-0.15, -0.1) is 10.2 Å². The number of aromatic nitrogens is 2. The van der Waals surface area contributed by atoms with Crippen molar-refractivity contribution in [1.29, 1.82) is 0 Å². The van der Waals surface area contributed by atoms with Gasteiger partial charge in [0.1, 0.15) is 18.1 Å². The van der Waals surface area contributed by atoms with E-state index in [1.807, 2.05) is 43.3 Å². The van der Waals surface area contributed by atoms with Crippen molar-refractivity contribution < 1.29 is 14.3 Å². The SMILES string of the molecule is COc1ccccc1NC(=O)Nc1nnc(COc2cccc(C)c2)s1. The number of nitrogens with one attached hydrogen (secondary N) is 2. The molecule has 134 valence electrons. The second-order valence-electron chi connectivity index (χ2n) is 5.39. The number of anilines is 2. The molecule has 3 rings (SSSR count). The third-order valence-electron chi connectivity index (χ3n) is 3.39. The lowest BCUT2D eigenvalue weighted by Gasteiger charge is -2.09. The molecule has 8 heteroatoms. The quantitative estimate of drug-likeness (QED) is 0.683. The van der Waals surface area contributed by atoms with Crippen molar-refractivity contribution in [2.75, 3.05) is 17.7 Å². The maximum Gasteiger partial charge on any atom is 0.325 e. The summed E-state index contributed by atoms with van der Waals surface area (Å²) in [7, 11) is 1.55. The van der Waals surface area contributed by atoms with E-state index in [9.17, 15) is 4.79 Å². The van der Waals surface area contributed by atoms with E-state index >= 15 is 0 Å². The molecule has 0 saturated heterocycles. The van der Waals surface area contributed by atoms with Crippen LogP contribution in [-0.4, -0.2) is 23.3 Å². The topological polar surface area (TPSA) is 85.4 Å². The molecular formula is C18H18N4O3S. The molecule has 0 saturated carbocycles. The number of nitrogens with zero attached hydrogens (tertiary/aromatic N) is 2. The predicted molar refractivity (Wildman–Crippen MR) is 101 cm³/mol. The predicted octanol–water partition coefficient (Wildman–Crippen LogP) is 4.08. The summed E-state index contributed by atoms with van der Waals surface area (Å²) in [4.78, 5) is 12.1. The van der Waals surface area contributed by atoms with Gasteiger partial charge >= 0.3 is 6.03 Å². The number of benzene rings is 2. The summed E-state index contributed by atoms with van der Waals surface area (Å²) >= 11 is 1.25. The van der Waals surface area contributed by atoms with Gasteiger partial charge < -0.3 is 14.8 Å². The van der Waals surface area contributed by atoms with Crippen LogP contribution in [0.2, 0.25) is 0 Å². The molecule has 2 aromatic carbocycles. The van der Waals surface area contributed by atoms with Crippen LogP contribution in [0.5, 0.6) is 11.5 Å². The van der Waals surface area contributed by atoms with Crippen LogP contribution >= 0.6 is 11.3 Å². The number of hydrogen-bond donors (Lipinski definition) is 2. The van der Waals surface area contributed by atoms with E-state index in [-0.39, 0.29) is 6.61 Å². The minimum atomic E-state index is -0.420. The first-order valence-electron chi connectivity index (χ1n) is 7.87. The standard InChI is InChI=1S/C18H18N4O3S/c1-12-6-5-7-13(10-12)25-11-16-21-22-18(26-16)20-17(23)19-14-8-3-4-9-15(14)24-2/h3-10H,11H2,1-2H3,(H2,19,20,22,23). The van der Waals surface area contributed by atoms with Crippen molar-refractivity contribution in [3.05, 3.63) is 59.1 Å². The molecule has 7 nitrogen and oxygen atoms in total. The number of amides is 2. The summed E-state index contributed by atoms with van der Waals surface area (Å²) in [6.45, 7) is 2.29. The average Bonchev–Trinajstić information content (AvgIpc) is 3.08. The van der Waals surface area contributed by atoms with Gasteiger partial charge in [0.25, 0.3) is 0 Å². The first kappa shape index (κ1) is 17.7. The van der Waals surface area contributed by atoms with Gasteiger partial charge in [-0.2, -0.15) is 0 Å². The summed E-state index contributed by atoms with van der Waals surface area (Å²) in [6, 6.07) is 14.5. The second-order valence-corrected chi connectivity index (χ2v) is 6.45. The Morgan fingerprint density at radius 2 is 1.96 bits per heavy atom. The smallest absolute Gasteiger partial charge is 0.325 e. The molecule has 0 unspecified atom stereocenters. The Morgan fingerprint density at radius 3 is 2.77 bits per heavy atom. The van der Waals surface area contributed by atoms with E-state index in [0.717, 1.165) is 11.3 Å². The number of hydrogen-bond acceptors (Lipinski definition) is 6. The van der Waals surface area contributed by atoms with Crippen LogP contribution in [0.4, 0.5) is 15.6 Å². The van der Waals surface area contributed by atoms with Gasteiger partial charge in [-0.25, -0.2) is 4.79 Å². The summed E-state index contributed by atoms with van der Waals surface area (Å²) in [6.07, 6.45) is 0. The van der Waals surface area contributed by atoms with E-state index in [2.05, 4.69) is 20.8 Å². The highest BCUT2D eigenvalue weighted by atomic mass is 32.1. The van der Waals surface area contributed by atoms with Crippen LogP contribution in [0, 0.1) is 6.92 Å². The van der Waals surface area contributed by atoms with Crippen LogP contribution in [0.3, 0.4) is 0 Å². The van der Waals surface area contributed by atoms with E-state index in [4.69, 9.17) is 9.47 Å². The van der Waals surface area contributed by atoms with Gasteiger partial charge in [0, 0.05) is 0 Å². The number of carbonyl (C=O) groups excluding carboxylic acids is 1. The van der Waals surface area contributed by atoms with Gasteiger partial charge in [0.2, 0.25) is 5.13 Å². The summed E-state index contributed by atoms with van der Waals surface area (Å²) in [5, 5.41) is 14.4. The lowest BCUT2D eigenvalue weighted by atomic mass is 10.2. The number of ether oxygens (including phenoxy) is 2. The van der Waals surface area contributed by atoms with Gasteiger partial charge in [-0.05, 0) is 36.8 Å². The molecule has 0 aliphatic carbocycles. The number of rotatable bonds is 6. The van der Waals surface area contributed by atoms with Gasteiger partial charge in [-0.1, -0.05) is 35.6 Å². The molecule has 0 atom stereocenters. The van der Waals surface area contributed by atoms with Crippen LogP contribution < -0.4 is 20.1 Å². The van der Waals surface area contributed by atoms with Crippen molar-refractivity contribution in [3.8, 4) is 11.5 Å². The Labute approximate surface area is 155 Å². The third-order valence-corrected chi connectivity index (χ3v) is 4.21. The lowest BCUT2D eigenvalue weighted by molar-refractivity contribution is 0.262. The van der Waals surface area contributed by atoms with E-state index < -0.39 is 6.03 Å². The third kappa shape index (κ3) is 4.70. The molecule has 0 spiro atoms. The Morgan fingerprint density at radius 1 is 1.12 bits per heavy atom. The Balaban J connectivity index is 1.55. The van der Waals surface area contributed by atoms with E-state index in [1.54, 1.807) is 19.2 Å². The number of para-hydroxylation sites is 2. The monoisotopic (exact) mass is 370 g/mol. The highest BCUT2D eigenvalue weighted by Crippen LogP contribution is 2.24. The largest absolute Gasteiger partial charge is 0.495 e. The molecule has 1 heterocycles. The van der Waals surface area contributed by atoms with E-state index in [1.165, 1.54) is 11.3 Å². The Kier molecular flexibility index (Phi) is 5.65. The molecule has 0 radical (unpaired) electrons. The fraction of sp³-hybridized carbons (Fsp3) is 0.167. The Hall–Kier alpha value is -3.13. The van der Waals surface area contributed by atoms with Crippen LogP contribution in [-0.2, 0) is 6.61 Å². The lowest BCUT2D eigenvalue weighted by Crippen LogP contribution is -2.19. The number of carbonyl (C=O) groups is 1. The zero-order valence-corrected chi connectivity index (χ0v) is 15.2. The zero-order valence-electron chi connectivity index (χ0n) is 14.4. The molecule has 0 aliphatic heterocycles. The summed E-state index contributed by atoms with van der Waals surface area (Å²) in [5.41, 5.74) is 1.69. The molecule has 0 bridgehead atoms. The van der Waals surface area contributed by atoms with Crippen LogP contribution in [0.1, 0.15) is 10.6 Å². The summed E-state index contributed by atoms with van der Waals surface area (Å²) in [5.74, 6) is 1.34. The number of aryl methyl sites for hydroxylation is 1. The zero-order chi connectivity index (χ0) is 18.4. The fourth-order valence-electron chi connectivity index (χ4n) is 2.21. The molecule has 0 fully saturated rings. The highest BCUT2D eigenvalue weighted by molar-refractivity contribution is 7.15. The van der Waals surface area contributed by atoms with E-state index in [0.29, 0.717) is 21.6 Å². The maximum atomic E-state index is 12.1. The number of methoxy groups -OCH3 is 1. The van der Waals surface area contributed by atoms with Crippen molar-refractivity contribution in [2.24, 2.45) is 0 Å². The van der Waals surface area contributed by atoms with Crippen molar-refractivity contribution >= 4 is 28.2 Å². The average molecular weight is 370 g/mol. The molecule has 3 aromatic rings. The van der Waals surface area contributed by atoms with Crippen molar-refractivity contribution in [3.63, 3.8) is 0 Å². The van der Waals surface area contributed by atoms with Crippen molar-refractivity contribution in [2.45, 2.75) is 13.5 Å². The van der Waals surface area contributed by atoms with Crippen LogP contribution in [0.15, 0.2) is 48.5 Å². The van der Waals surface area contributed by atoms with Gasteiger partial charge in [0.15, 0.2) is 5.01 Å². The Bertz CT molecular complexity index is 897. The van der Waals surface area contributed by atoms with Gasteiger partial charge in [-0.3, -0.25) is 5.32 Å². The van der Waals surface area contributed by atoms with Gasteiger partial charge in [0.05, 0.1) is 12.8 Å². The summed E-state index contributed by atoms with van der Waals surface area (Å²) < 4.78 is 10.9. The number of urea groups is 1. The molecule has 1 aromatic heterocycles. The van der Waals surface area contributed by atoms with Crippen LogP contribution in [0.25, 0.3) is 0 Å². The maximum absolute atomic E-state index is 12.1.